The van der Waals surface area contributed by atoms with E-state index in [1.807, 2.05) is 19.1 Å². The monoisotopic (exact) mass is 748 g/mol. The zero-order chi connectivity index (χ0) is 35.1. The molecule has 1 amide bonds. The van der Waals surface area contributed by atoms with Crippen LogP contribution in [0.4, 0.5) is 20.2 Å². The molecule has 3 aromatic carbocycles. The molecule has 0 bridgehead atoms. The van der Waals surface area contributed by atoms with Gasteiger partial charge in [-0.25, -0.2) is 18.1 Å². The summed E-state index contributed by atoms with van der Waals surface area (Å²) in [7, 11) is 0. The van der Waals surface area contributed by atoms with Gasteiger partial charge < -0.3 is 11.1 Å². The fraction of sp³-hybridized carbons (Fsp3) is 0.265. The van der Waals surface area contributed by atoms with E-state index < -0.39 is 11.6 Å². The van der Waals surface area contributed by atoms with Crippen molar-refractivity contribution in [3.8, 4) is 22.3 Å². The Morgan fingerprint density at radius 2 is 1.18 bits per heavy atom. The van der Waals surface area contributed by atoms with Gasteiger partial charge in [-0.1, -0.05) is 64.6 Å². The van der Waals surface area contributed by atoms with E-state index in [1.54, 1.807) is 26.2 Å². The maximum absolute atomic E-state index is 14.8. The van der Waals surface area contributed by atoms with Gasteiger partial charge in [-0.3, -0.25) is 23.7 Å². The van der Waals surface area contributed by atoms with Crippen molar-refractivity contribution in [3.63, 3.8) is 0 Å². The van der Waals surface area contributed by atoms with Crippen molar-refractivity contribution in [2.75, 3.05) is 11.1 Å². The molecule has 0 fully saturated rings. The molecule has 3 N–H and O–H groups in total. The van der Waals surface area contributed by atoms with Gasteiger partial charge in [0.1, 0.15) is 21.9 Å². The van der Waals surface area contributed by atoms with Crippen LogP contribution in [-0.2, 0) is 26.2 Å². The largest absolute Gasteiger partial charge is 0.398 e. The van der Waals surface area contributed by atoms with E-state index in [0.29, 0.717) is 31.7 Å². The molecular weight excluding hydrogens is 720 g/mol. The number of carbonyl (C=O) groups excluding carboxylic acids is 1. The molecule has 0 spiro atoms. The number of carbonyl (C=O) groups is 1. The number of nitrogens with two attached hydrogens (primary N) is 1. The van der Waals surface area contributed by atoms with Crippen LogP contribution < -0.4 is 22.2 Å². The Bertz CT molecular complexity index is 2240. The fourth-order valence-corrected chi connectivity index (χ4v) is 7.18. The van der Waals surface area contributed by atoms with Crippen molar-refractivity contribution in [3.05, 3.63) is 112 Å². The number of nitrogens with one attached hydrogen (secondary N) is 1. The maximum Gasteiger partial charge on any atom is 0.276 e. The Hall–Kier alpha value is -4.03. The molecule has 0 aliphatic carbocycles. The molecule has 4 heterocycles. The normalized spacial score (nSPS) is 13.7. The predicted octanol–water partition coefficient (Wildman–Crippen LogP) is 8.26. The van der Waals surface area contributed by atoms with Crippen molar-refractivity contribution < 1.29 is 13.6 Å². The smallest absolute Gasteiger partial charge is 0.276 e. The molecule has 49 heavy (non-hydrogen) atoms. The van der Waals surface area contributed by atoms with Crippen LogP contribution in [0.25, 0.3) is 22.3 Å². The van der Waals surface area contributed by atoms with Crippen molar-refractivity contribution in [1.82, 2.24) is 18.7 Å². The van der Waals surface area contributed by atoms with Crippen LogP contribution >= 0.6 is 46.4 Å². The highest BCUT2D eigenvalue weighted by Crippen LogP contribution is 2.36. The number of hydrogen-bond donors (Lipinski definition) is 2. The van der Waals surface area contributed by atoms with E-state index >= 15 is 0 Å². The Labute approximate surface area is 299 Å². The number of halogens is 6. The molecule has 5 aromatic rings. The second-order valence-corrected chi connectivity index (χ2v) is 13.3. The molecule has 7 rings (SSSR count). The van der Waals surface area contributed by atoms with Crippen molar-refractivity contribution in [1.29, 1.82) is 0 Å². The molecule has 9 nitrogen and oxygen atoms in total. The zero-order valence-electron chi connectivity index (χ0n) is 26.1. The second-order valence-electron chi connectivity index (χ2n) is 11.8. The number of rotatable bonds is 4. The number of nitrogens with zero attached hydrogens (tertiary/aromatic N) is 4. The average molecular weight is 750 g/mol. The van der Waals surface area contributed by atoms with Crippen LogP contribution in [0, 0.1) is 18.6 Å². The minimum Gasteiger partial charge on any atom is -0.398 e. The van der Waals surface area contributed by atoms with Gasteiger partial charge in [0.15, 0.2) is 0 Å². The van der Waals surface area contributed by atoms with Gasteiger partial charge in [-0.05, 0) is 68.5 Å². The number of hydrogen-bond acceptors (Lipinski definition) is 4. The number of anilines is 2. The lowest BCUT2D eigenvalue weighted by atomic mass is 10.1. The molecule has 0 atom stereocenters. The van der Waals surface area contributed by atoms with E-state index in [4.69, 9.17) is 52.1 Å². The number of fused-ring (bicyclic) bond motifs is 2. The van der Waals surface area contributed by atoms with E-state index in [1.165, 1.54) is 16.8 Å². The van der Waals surface area contributed by atoms with E-state index in [9.17, 15) is 23.2 Å². The third kappa shape index (κ3) is 6.52. The molecule has 15 heteroatoms. The summed E-state index contributed by atoms with van der Waals surface area (Å²) in [5, 5.41) is 3.29. The first-order valence-corrected chi connectivity index (χ1v) is 17.0. The number of aromatic nitrogens is 4. The second kappa shape index (κ2) is 14.1. The lowest BCUT2D eigenvalue weighted by Gasteiger charge is -2.17. The first kappa shape index (κ1) is 34.8. The topological polar surface area (TPSA) is 109 Å². The lowest BCUT2D eigenvalue weighted by molar-refractivity contribution is 0.102. The van der Waals surface area contributed by atoms with Crippen LogP contribution in [0.15, 0.2) is 58.1 Å². The summed E-state index contributed by atoms with van der Waals surface area (Å²) >= 11 is 24.6. The minimum absolute atomic E-state index is 0.0129. The summed E-state index contributed by atoms with van der Waals surface area (Å²) in [6.07, 6.45) is 3.61. The molecule has 0 saturated heterocycles. The Balaban J connectivity index is 0.000000182. The zero-order valence-corrected chi connectivity index (χ0v) is 29.2. The SMILES string of the molecule is Cc1ccccc1C(=O)Nc1cc(-c2c(Cl)n3n(c2=O)CCCC3)c(F)cc1Cl.Nc1cc(-c2c(Cl)n3n(c2=O)CCCC3)c(F)cc1Cl. The Kier molecular flexibility index (Phi) is 10.00. The molecule has 0 saturated carbocycles. The fourth-order valence-electron chi connectivity index (χ4n) is 6.12. The molecule has 2 aliphatic rings. The van der Waals surface area contributed by atoms with Crippen molar-refractivity contribution in [2.24, 2.45) is 0 Å². The van der Waals surface area contributed by atoms with Crippen LogP contribution in [0.5, 0.6) is 0 Å². The highest BCUT2D eigenvalue weighted by molar-refractivity contribution is 6.35. The van der Waals surface area contributed by atoms with Gasteiger partial charge in [0.05, 0.1) is 32.5 Å². The summed E-state index contributed by atoms with van der Waals surface area (Å²) in [5.74, 6) is -1.65. The molecule has 2 aliphatic heterocycles. The molecule has 0 unspecified atom stereocenters. The lowest BCUT2D eigenvalue weighted by Crippen LogP contribution is -2.27. The van der Waals surface area contributed by atoms with Crippen LogP contribution in [0.1, 0.15) is 41.6 Å². The molecule has 0 radical (unpaired) electrons. The molecular formula is C34H30Cl4F2N6O3. The highest BCUT2D eigenvalue weighted by atomic mass is 35.5. The van der Waals surface area contributed by atoms with Crippen molar-refractivity contribution in [2.45, 2.75) is 58.8 Å². The number of benzene rings is 3. The summed E-state index contributed by atoms with van der Waals surface area (Å²) in [6, 6.07) is 12.0. The van der Waals surface area contributed by atoms with Gasteiger partial charge in [-0.15, -0.1) is 0 Å². The molecule has 2 aromatic heterocycles. The number of nitrogen functional groups attached to an aromatic ring is 1. The minimum atomic E-state index is -0.675. The third-order valence-corrected chi connectivity index (χ3v) is 10.1. The van der Waals surface area contributed by atoms with Gasteiger partial charge in [0.2, 0.25) is 0 Å². The van der Waals surface area contributed by atoms with Gasteiger partial charge in [0.25, 0.3) is 17.0 Å². The Morgan fingerprint density at radius 3 is 1.69 bits per heavy atom. The summed E-state index contributed by atoms with van der Waals surface area (Å²) in [6.45, 7) is 4.19. The van der Waals surface area contributed by atoms with Crippen molar-refractivity contribution >= 4 is 63.7 Å². The highest BCUT2D eigenvalue weighted by Gasteiger charge is 2.26. The summed E-state index contributed by atoms with van der Waals surface area (Å²) in [5.41, 5.74) is 7.07. The van der Waals surface area contributed by atoms with E-state index in [0.717, 1.165) is 43.4 Å². The predicted molar refractivity (Wildman–Crippen MR) is 190 cm³/mol. The average Bonchev–Trinajstić information content (AvgIpc) is 3.48. The first-order chi connectivity index (χ1) is 23.4. The van der Waals surface area contributed by atoms with Crippen LogP contribution in [-0.4, -0.2) is 24.6 Å². The summed E-state index contributed by atoms with van der Waals surface area (Å²) < 4.78 is 35.3. The van der Waals surface area contributed by atoms with Crippen LogP contribution in [0.2, 0.25) is 20.4 Å². The standard InChI is InChI=1S/C21H18Cl2FN3O2.C13H12Cl2FN3O/c1-12-6-2-3-7-13(12)20(28)25-17-10-14(16(24)11-15(17)22)18-19(23)26-8-4-5-9-27(26)21(18)29;14-8-6-9(16)7(5-10(8)17)11-12(15)18-3-1-2-4-19(18)13(11)20/h2-3,6-7,10-11H,4-5,8-9H2,1H3,(H,25,28);5-6H,1-4,17H2. The quantitative estimate of drug-likeness (QED) is 0.180. The maximum atomic E-state index is 14.8. The van der Waals surface area contributed by atoms with E-state index in [2.05, 4.69) is 5.32 Å². The van der Waals surface area contributed by atoms with Gasteiger partial charge >= 0.3 is 0 Å². The first-order valence-electron chi connectivity index (χ1n) is 15.5. The van der Waals surface area contributed by atoms with Crippen LogP contribution in [0.3, 0.4) is 0 Å². The van der Waals surface area contributed by atoms with Gasteiger partial charge in [0, 0.05) is 42.9 Å². The third-order valence-electron chi connectivity index (χ3n) is 8.64. The molecule has 256 valence electrons. The van der Waals surface area contributed by atoms with Gasteiger partial charge in [-0.2, -0.15) is 0 Å². The van der Waals surface area contributed by atoms with E-state index in [-0.39, 0.29) is 71.0 Å². The number of aryl methyl sites for hydroxylation is 1. The number of amides is 1. The summed E-state index contributed by atoms with van der Waals surface area (Å²) in [4.78, 5) is 37.9. The Morgan fingerprint density at radius 1 is 0.714 bits per heavy atom.